The highest BCUT2D eigenvalue weighted by Crippen LogP contribution is 2.18. The Hall–Kier alpha value is -2.62. The number of nitrogens with one attached hydrogen (secondary N) is 2. The molecular formula is C20H20N2O8S4. The predicted molar refractivity (Wildman–Crippen MR) is 124 cm³/mol. The van der Waals surface area contributed by atoms with Crippen LogP contribution in [-0.4, -0.2) is 45.4 Å². The van der Waals surface area contributed by atoms with E-state index in [1.807, 2.05) is 9.44 Å². The summed E-state index contributed by atoms with van der Waals surface area (Å²) in [5, 5.41) is 0. The molecule has 14 heteroatoms. The third kappa shape index (κ3) is 6.28. The summed E-state index contributed by atoms with van der Waals surface area (Å²) in [6.07, 6.45) is 0. The second-order valence-electron chi connectivity index (χ2n) is 6.91. The van der Waals surface area contributed by atoms with Gasteiger partial charge in [-0.25, -0.2) is 33.7 Å². The van der Waals surface area contributed by atoms with Crippen molar-refractivity contribution in [2.45, 2.75) is 19.6 Å². The van der Waals surface area contributed by atoms with Crippen molar-refractivity contribution < 1.29 is 33.7 Å². The number of sulfonamides is 2. The van der Waals surface area contributed by atoms with Gasteiger partial charge in [0.25, 0.3) is 0 Å². The van der Waals surface area contributed by atoms with Crippen LogP contribution in [0.25, 0.3) is 0 Å². The second kappa shape index (κ2) is 9.93. The van der Waals surface area contributed by atoms with Crippen molar-refractivity contribution in [3.63, 3.8) is 0 Å². The lowest BCUT2D eigenvalue weighted by molar-refractivity contribution is 0.573. The maximum Gasteiger partial charge on any atom is 0.241 e. The molecule has 182 valence electrons. The lowest BCUT2D eigenvalue weighted by Gasteiger charge is -2.11. The Kier molecular flexibility index (Phi) is 7.59. The fraction of sp³-hybridized carbons (Fsp3) is 0.100. The van der Waals surface area contributed by atoms with Crippen molar-refractivity contribution in [1.82, 2.24) is 9.44 Å². The van der Waals surface area contributed by atoms with Crippen LogP contribution in [0.2, 0.25) is 0 Å². The second-order valence-corrected chi connectivity index (χ2v) is 14.4. The number of sulfone groups is 2. The normalized spacial score (nSPS) is 12.9. The summed E-state index contributed by atoms with van der Waals surface area (Å²) < 4.78 is 104. The van der Waals surface area contributed by atoms with E-state index >= 15 is 0 Å². The van der Waals surface area contributed by atoms with Gasteiger partial charge in [-0.1, -0.05) is 42.5 Å². The molecule has 0 heterocycles. The van der Waals surface area contributed by atoms with Crippen LogP contribution in [0.3, 0.4) is 0 Å². The van der Waals surface area contributed by atoms with Gasteiger partial charge in [-0.05, 0) is 42.5 Å². The molecule has 34 heavy (non-hydrogen) atoms. The van der Waals surface area contributed by atoms with Crippen molar-refractivity contribution in [3.05, 3.63) is 84.9 Å². The molecule has 3 aromatic rings. The van der Waals surface area contributed by atoms with E-state index < -0.39 is 61.3 Å². The van der Waals surface area contributed by atoms with Crippen molar-refractivity contribution in [2.24, 2.45) is 0 Å². The van der Waals surface area contributed by atoms with Gasteiger partial charge in [0, 0.05) is 0 Å². The molecule has 0 unspecified atom stereocenters. The Morgan fingerprint density at radius 1 is 0.441 bits per heavy atom. The van der Waals surface area contributed by atoms with Crippen LogP contribution in [0, 0.1) is 0 Å². The highest BCUT2D eigenvalue weighted by Gasteiger charge is 2.24. The minimum Gasteiger partial charge on any atom is -0.222 e. The number of hydrogen-bond acceptors (Lipinski definition) is 8. The molecular weight excluding hydrogens is 524 g/mol. The van der Waals surface area contributed by atoms with E-state index in [1.165, 1.54) is 48.5 Å². The van der Waals surface area contributed by atoms with Crippen molar-refractivity contribution in [1.29, 1.82) is 0 Å². The number of hydrogen-bond donors (Lipinski definition) is 2. The molecule has 0 atom stereocenters. The quantitative estimate of drug-likeness (QED) is 0.384. The Morgan fingerprint density at radius 3 is 1.12 bits per heavy atom. The van der Waals surface area contributed by atoms with Crippen LogP contribution in [0.15, 0.2) is 105 Å². The first-order chi connectivity index (χ1) is 15.8. The number of rotatable bonds is 10. The molecule has 2 N–H and O–H groups in total. The summed E-state index contributed by atoms with van der Waals surface area (Å²) in [7, 11) is -16.8. The van der Waals surface area contributed by atoms with E-state index in [1.54, 1.807) is 12.1 Å². The van der Waals surface area contributed by atoms with Gasteiger partial charge < -0.3 is 0 Å². The molecule has 0 amide bonds. The standard InChI is InChI=1S/C20H20N2O8S4/c23-31(24,17-8-3-1-4-9-17)15-21-33(27,28)19-12-7-13-20(14-19)34(29,30)22-16-32(25,26)18-10-5-2-6-11-18/h1-14,21-22H,15-16H2. The smallest absolute Gasteiger partial charge is 0.222 e. The van der Waals surface area contributed by atoms with Gasteiger partial charge in [0.15, 0.2) is 19.7 Å². The minimum absolute atomic E-state index is 0.0853. The fourth-order valence-corrected chi connectivity index (χ4v) is 8.15. The van der Waals surface area contributed by atoms with Crippen molar-refractivity contribution >= 4 is 39.7 Å². The van der Waals surface area contributed by atoms with Crippen LogP contribution in [0.1, 0.15) is 0 Å². The van der Waals surface area contributed by atoms with E-state index in [-0.39, 0.29) is 9.79 Å². The molecule has 0 fully saturated rings. The third-order valence-corrected chi connectivity index (χ3v) is 10.7. The van der Waals surface area contributed by atoms with Crippen molar-refractivity contribution in [3.8, 4) is 0 Å². The summed E-state index contributed by atoms with van der Waals surface area (Å²) in [5.74, 6) is -1.88. The highest BCUT2D eigenvalue weighted by molar-refractivity contribution is 7.94. The van der Waals surface area contributed by atoms with Gasteiger partial charge >= 0.3 is 0 Å². The molecule has 0 radical (unpaired) electrons. The largest absolute Gasteiger partial charge is 0.241 e. The number of benzene rings is 3. The first-order valence-corrected chi connectivity index (χ1v) is 15.8. The zero-order valence-corrected chi connectivity index (χ0v) is 20.7. The molecule has 3 rings (SSSR count). The maximum absolute atomic E-state index is 12.6. The first kappa shape index (κ1) is 26.0. The summed E-state index contributed by atoms with van der Waals surface area (Å²) in [6, 6.07) is 18.5. The Morgan fingerprint density at radius 2 is 0.765 bits per heavy atom. The molecule has 0 saturated carbocycles. The molecule has 0 aliphatic heterocycles. The van der Waals surface area contributed by atoms with Gasteiger partial charge in [0.1, 0.15) is 11.8 Å². The highest BCUT2D eigenvalue weighted by atomic mass is 32.2. The molecule has 0 aromatic heterocycles. The minimum atomic E-state index is -4.41. The Balaban J connectivity index is 1.77. The van der Waals surface area contributed by atoms with Crippen LogP contribution in [0.5, 0.6) is 0 Å². The average Bonchev–Trinajstić information content (AvgIpc) is 2.83. The molecule has 0 bridgehead atoms. The molecule has 0 aliphatic rings. The lowest BCUT2D eigenvalue weighted by atomic mass is 10.4. The predicted octanol–water partition coefficient (Wildman–Crippen LogP) is 1.11. The van der Waals surface area contributed by atoms with Crippen LogP contribution < -0.4 is 9.44 Å². The average molecular weight is 545 g/mol. The zero-order valence-electron chi connectivity index (χ0n) is 17.4. The summed E-state index contributed by atoms with van der Waals surface area (Å²) in [5.41, 5.74) is 0. The molecule has 3 aromatic carbocycles. The van der Waals surface area contributed by atoms with Gasteiger partial charge in [0.05, 0.1) is 19.6 Å². The van der Waals surface area contributed by atoms with Gasteiger partial charge in [-0.3, -0.25) is 0 Å². The lowest BCUT2D eigenvalue weighted by Crippen LogP contribution is -2.31. The monoisotopic (exact) mass is 544 g/mol. The fourth-order valence-electron chi connectivity index (χ4n) is 2.71. The SMILES string of the molecule is O=S(=O)(CNS(=O)(=O)c1cccc(S(=O)(=O)NCS(=O)(=O)c2ccccc2)c1)c1ccccc1. The van der Waals surface area contributed by atoms with E-state index in [9.17, 15) is 33.7 Å². The zero-order chi connectivity index (χ0) is 25.0. The van der Waals surface area contributed by atoms with E-state index in [4.69, 9.17) is 0 Å². The van der Waals surface area contributed by atoms with Gasteiger partial charge in [0.2, 0.25) is 20.0 Å². The first-order valence-electron chi connectivity index (χ1n) is 9.49. The van der Waals surface area contributed by atoms with E-state index in [0.29, 0.717) is 0 Å². The van der Waals surface area contributed by atoms with Crippen LogP contribution in [0.4, 0.5) is 0 Å². The summed E-state index contributed by atoms with van der Waals surface area (Å²) in [4.78, 5) is -1.19. The van der Waals surface area contributed by atoms with Crippen LogP contribution >= 0.6 is 0 Å². The van der Waals surface area contributed by atoms with Gasteiger partial charge in [-0.15, -0.1) is 0 Å². The van der Waals surface area contributed by atoms with Crippen LogP contribution in [-0.2, 0) is 39.7 Å². The molecule has 0 spiro atoms. The summed E-state index contributed by atoms with van der Waals surface area (Å²) >= 11 is 0. The molecule has 0 saturated heterocycles. The third-order valence-electron chi connectivity index (χ3n) is 4.51. The Labute approximate surface area is 198 Å². The van der Waals surface area contributed by atoms with Gasteiger partial charge in [-0.2, -0.15) is 9.44 Å². The molecule has 10 nitrogen and oxygen atoms in total. The maximum atomic E-state index is 12.6. The summed E-state index contributed by atoms with van der Waals surface area (Å²) in [6.45, 7) is 0. The molecule has 0 aliphatic carbocycles. The topological polar surface area (TPSA) is 161 Å². The van der Waals surface area contributed by atoms with Crippen molar-refractivity contribution in [2.75, 3.05) is 11.8 Å². The van der Waals surface area contributed by atoms with E-state index in [0.717, 1.165) is 24.3 Å². The Bertz CT molecular complexity index is 1470. The van der Waals surface area contributed by atoms with E-state index in [2.05, 4.69) is 0 Å².